The van der Waals surface area contributed by atoms with Gasteiger partial charge in [-0.1, -0.05) is 84.4 Å². The molecule has 160 valence electrons. The van der Waals surface area contributed by atoms with Crippen molar-refractivity contribution in [2.24, 2.45) is 10.8 Å². The summed E-state index contributed by atoms with van der Waals surface area (Å²) in [5, 5.41) is 0. The number of carbonyl (C=O) groups is 3. The Kier molecular flexibility index (Phi) is 4.71. The van der Waals surface area contributed by atoms with Gasteiger partial charge in [0, 0.05) is 27.1 Å². The molecule has 0 bridgehead atoms. The number of hydrogen-bond donors (Lipinski definition) is 0. The standard InChI is InChI=1S/C27H21BrO4/c1-3-16-9-11-18(12-10-16)23(29)26(2)22-20-15-19(28)13-14-21(20)32-25(31)27(22,26)24(30)17-7-5-4-6-8-17/h4-15,22H,3H2,1-2H3/t22-,26-,27-/m0/s1. The van der Waals surface area contributed by atoms with Gasteiger partial charge < -0.3 is 4.74 Å². The molecule has 1 heterocycles. The summed E-state index contributed by atoms with van der Waals surface area (Å²) in [6, 6.07) is 21.4. The minimum atomic E-state index is -1.59. The molecule has 1 saturated carbocycles. The van der Waals surface area contributed by atoms with E-state index >= 15 is 0 Å². The lowest BCUT2D eigenvalue weighted by atomic mass is 9.82. The summed E-state index contributed by atoms with van der Waals surface area (Å²) in [5.41, 5.74) is -0.151. The Balaban J connectivity index is 1.70. The summed E-state index contributed by atoms with van der Waals surface area (Å²) < 4.78 is 6.47. The average molecular weight is 489 g/mol. The van der Waals surface area contributed by atoms with Crippen LogP contribution in [0.4, 0.5) is 0 Å². The Morgan fingerprint density at radius 3 is 2.25 bits per heavy atom. The molecule has 0 amide bonds. The first-order chi connectivity index (χ1) is 15.4. The molecule has 2 aliphatic rings. The van der Waals surface area contributed by atoms with Crippen LogP contribution in [0.2, 0.25) is 0 Å². The maximum absolute atomic E-state index is 13.9. The van der Waals surface area contributed by atoms with Gasteiger partial charge in [-0.05, 0) is 30.2 Å². The lowest BCUT2D eigenvalue weighted by molar-refractivity contribution is -0.140. The summed E-state index contributed by atoms with van der Waals surface area (Å²) in [6.07, 6.45) is 0.860. The largest absolute Gasteiger partial charge is 0.425 e. The van der Waals surface area contributed by atoms with E-state index in [4.69, 9.17) is 4.74 Å². The van der Waals surface area contributed by atoms with Crippen molar-refractivity contribution in [3.05, 3.63) is 99.5 Å². The normalized spacial score (nSPS) is 25.3. The van der Waals surface area contributed by atoms with E-state index in [0.29, 0.717) is 22.4 Å². The number of carbonyl (C=O) groups excluding carboxylic acids is 3. The maximum Gasteiger partial charge on any atom is 0.327 e. The Morgan fingerprint density at radius 2 is 1.59 bits per heavy atom. The van der Waals surface area contributed by atoms with Crippen molar-refractivity contribution in [2.75, 3.05) is 0 Å². The zero-order chi connectivity index (χ0) is 22.7. The molecule has 4 nitrogen and oxygen atoms in total. The molecule has 0 unspecified atom stereocenters. The van der Waals surface area contributed by atoms with Gasteiger partial charge in [-0.3, -0.25) is 14.4 Å². The molecule has 5 heteroatoms. The first-order valence-corrected chi connectivity index (χ1v) is 11.4. The Bertz CT molecular complexity index is 1260. The summed E-state index contributed by atoms with van der Waals surface area (Å²) in [4.78, 5) is 41.2. The minimum absolute atomic E-state index is 0.223. The number of benzene rings is 3. The van der Waals surface area contributed by atoms with Crippen molar-refractivity contribution in [1.29, 1.82) is 0 Å². The molecule has 0 spiro atoms. The molecule has 1 aliphatic heterocycles. The molecular weight excluding hydrogens is 468 g/mol. The van der Waals surface area contributed by atoms with E-state index < -0.39 is 22.7 Å². The molecule has 1 aliphatic carbocycles. The summed E-state index contributed by atoms with van der Waals surface area (Å²) in [7, 11) is 0. The van der Waals surface area contributed by atoms with Gasteiger partial charge in [-0.2, -0.15) is 0 Å². The zero-order valence-corrected chi connectivity index (χ0v) is 19.3. The van der Waals surface area contributed by atoms with Crippen LogP contribution in [0.5, 0.6) is 5.75 Å². The number of ketones is 2. The van der Waals surface area contributed by atoms with Gasteiger partial charge in [-0.15, -0.1) is 0 Å². The number of hydrogen-bond acceptors (Lipinski definition) is 4. The molecule has 0 saturated heterocycles. The van der Waals surface area contributed by atoms with Gasteiger partial charge in [0.2, 0.25) is 0 Å². The van der Waals surface area contributed by atoms with Crippen LogP contribution in [0, 0.1) is 10.8 Å². The number of fused-ring (bicyclic) bond motifs is 3. The Morgan fingerprint density at radius 1 is 0.938 bits per heavy atom. The van der Waals surface area contributed by atoms with Gasteiger partial charge in [0.15, 0.2) is 17.0 Å². The van der Waals surface area contributed by atoms with Crippen molar-refractivity contribution in [1.82, 2.24) is 0 Å². The monoisotopic (exact) mass is 488 g/mol. The molecule has 1 fully saturated rings. The van der Waals surface area contributed by atoms with E-state index in [1.54, 1.807) is 55.5 Å². The van der Waals surface area contributed by atoms with Crippen molar-refractivity contribution in [2.45, 2.75) is 26.2 Å². The second-order valence-electron chi connectivity index (χ2n) is 8.59. The number of esters is 1. The summed E-state index contributed by atoms with van der Waals surface area (Å²) >= 11 is 3.48. The van der Waals surface area contributed by atoms with E-state index in [0.717, 1.165) is 16.5 Å². The SMILES string of the molecule is CCc1ccc(C(=O)[C@]2(C)[C@@H]3c4cc(Br)ccc4OC(=O)[C@@]32C(=O)c2ccccc2)cc1. The zero-order valence-electron chi connectivity index (χ0n) is 17.7. The van der Waals surface area contributed by atoms with Gasteiger partial charge >= 0.3 is 5.97 Å². The average Bonchev–Trinajstić information content (AvgIpc) is 3.42. The summed E-state index contributed by atoms with van der Waals surface area (Å²) in [5.74, 6) is -1.46. The molecule has 0 radical (unpaired) electrons. The predicted octanol–water partition coefficient (Wildman–Crippen LogP) is 5.79. The van der Waals surface area contributed by atoms with Crippen molar-refractivity contribution in [3.8, 4) is 5.75 Å². The number of halogens is 1. The van der Waals surface area contributed by atoms with Gasteiger partial charge in [0.25, 0.3) is 0 Å². The molecule has 5 rings (SSSR count). The van der Waals surface area contributed by atoms with Crippen LogP contribution in [0.3, 0.4) is 0 Å². The molecule has 3 aromatic carbocycles. The number of aryl methyl sites for hydroxylation is 1. The van der Waals surface area contributed by atoms with E-state index in [1.165, 1.54) is 0 Å². The highest BCUT2D eigenvalue weighted by Gasteiger charge is 2.87. The lowest BCUT2D eigenvalue weighted by Crippen LogP contribution is -2.39. The van der Waals surface area contributed by atoms with E-state index in [-0.39, 0.29) is 11.6 Å². The van der Waals surface area contributed by atoms with E-state index in [2.05, 4.69) is 15.9 Å². The minimum Gasteiger partial charge on any atom is -0.425 e. The van der Waals surface area contributed by atoms with Crippen LogP contribution in [-0.2, 0) is 11.2 Å². The van der Waals surface area contributed by atoms with Crippen LogP contribution < -0.4 is 4.74 Å². The molecular formula is C27H21BrO4. The fourth-order valence-electron chi connectivity index (χ4n) is 5.29. The quantitative estimate of drug-likeness (QED) is 0.197. The van der Waals surface area contributed by atoms with Gasteiger partial charge in [-0.25, -0.2) is 0 Å². The fourth-order valence-corrected chi connectivity index (χ4v) is 5.67. The summed E-state index contributed by atoms with van der Waals surface area (Å²) in [6.45, 7) is 3.78. The second kappa shape index (κ2) is 7.24. The van der Waals surface area contributed by atoms with Gasteiger partial charge in [0.1, 0.15) is 5.75 Å². The topological polar surface area (TPSA) is 60.4 Å². The van der Waals surface area contributed by atoms with Gasteiger partial charge in [0.05, 0.1) is 5.41 Å². The fraction of sp³-hybridized carbons (Fsp3) is 0.222. The van der Waals surface area contributed by atoms with Crippen LogP contribution in [0.15, 0.2) is 77.3 Å². The third kappa shape index (κ3) is 2.64. The van der Waals surface area contributed by atoms with Crippen LogP contribution in [-0.4, -0.2) is 17.5 Å². The van der Waals surface area contributed by atoms with E-state index in [9.17, 15) is 14.4 Å². The third-order valence-corrected chi connectivity index (χ3v) is 7.54. The van der Waals surface area contributed by atoms with Crippen LogP contribution in [0.1, 0.15) is 51.6 Å². The predicted molar refractivity (Wildman–Crippen MR) is 124 cm³/mol. The smallest absolute Gasteiger partial charge is 0.327 e. The highest BCUT2D eigenvalue weighted by atomic mass is 79.9. The van der Waals surface area contributed by atoms with Crippen LogP contribution in [0.25, 0.3) is 0 Å². The van der Waals surface area contributed by atoms with Crippen molar-refractivity contribution >= 4 is 33.5 Å². The maximum atomic E-state index is 13.9. The Labute approximate surface area is 194 Å². The molecule has 3 atom stereocenters. The highest BCUT2D eigenvalue weighted by Crippen LogP contribution is 2.79. The molecule has 32 heavy (non-hydrogen) atoms. The number of ether oxygens (including phenoxy) is 1. The Hall–Kier alpha value is -3.05. The van der Waals surface area contributed by atoms with Crippen molar-refractivity contribution in [3.63, 3.8) is 0 Å². The first-order valence-electron chi connectivity index (χ1n) is 10.6. The molecule has 3 aromatic rings. The second-order valence-corrected chi connectivity index (χ2v) is 9.51. The van der Waals surface area contributed by atoms with Crippen LogP contribution >= 0.6 is 15.9 Å². The molecule has 0 N–H and O–H groups in total. The lowest BCUT2D eigenvalue weighted by Gasteiger charge is -2.23. The van der Waals surface area contributed by atoms with Crippen molar-refractivity contribution < 1.29 is 19.1 Å². The van der Waals surface area contributed by atoms with E-state index in [1.807, 2.05) is 31.2 Å². The number of rotatable bonds is 5. The molecule has 0 aromatic heterocycles. The third-order valence-electron chi connectivity index (χ3n) is 7.04. The first kappa shape index (κ1) is 20.8. The highest BCUT2D eigenvalue weighted by molar-refractivity contribution is 9.10. The number of Topliss-reactive ketones (excluding diaryl/α,β-unsaturated/α-hetero) is 2.